The van der Waals surface area contributed by atoms with E-state index in [1.807, 2.05) is 32.0 Å². The molecule has 0 heterocycles. The Balaban J connectivity index is 1.99. The largest absolute Gasteiger partial charge is 0.489 e. The first-order valence-corrected chi connectivity index (χ1v) is 7.58. The zero-order valence-electron chi connectivity index (χ0n) is 13.3. The van der Waals surface area contributed by atoms with Crippen LogP contribution in [0.3, 0.4) is 0 Å². The lowest BCUT2D eigenvalue weighted by Crippen LogP contribution is -2.14. The first kappa shape index (κ1) is 16.1. The molecule has 0 N–H and O–H groups in total. The molecule has 1 atom stereocenters. The summed E-state index contributed by atoms with van der Waals surface area (Å²) < 4.78 is 11.1. The number of carbonyl (C=O) groups is 1. The Morgan fingerprint density at radius 3 is 2.55 bits per heavy atom. The van der Waals surface area contributed by atoms with Crippen molar-refractivity contribution in [1.82, 2.24) is 0 Å². The molecule has 0 spiro atoms. The van der Waals surface area contributed by atoms with Crippen LogP contribution in [0.15, 0.2) is 48.5 Å². The Morgan fingerprint density at radius 1 is 1.14 bits per heavy atom. The molecule has 0 aliphatic rings. The molecule has 0 aliphatic carbocycles. The molecule has 0 saturated carbocycles. The van der Waals surface area contributed by atoms with Gasteiger partial charge in [-0.05, 0) is 44.0 Å². The second-order valence-corrected chi connectivity index (χ2v) is 5.43. The Labute approximate surface area is 131 Å². The smallest absolute Gasteiger partial charge is 0.338 e. The summed E-state index contributed by atoms with van der Waals surface area (Å²) in [4.78, 5) is 12.0. The lowest BCUT2D eigenvalue weighted by atomic mass is 10.2. The SMILES string of the molecule is CCC(C)OC(=O)c1cccc(OCc2ccc(C)cc2)c1. The quantitative estimate of drug-likeness (QED) is 0.735. The number of rotatable bonds is 6. The molecule has 2 rings (SSSR count). The number of aryl methyl sites for hydroxylation is 1. The van der Waals surface area contributed by atoms with Gasteiger partial charge in [-0.3, -0.25) is 0 Å². The van der Waals surface area contributed by atoms with Gasteiger partial charge in [0.15, 0.2) is 0 Å². The number of hydrogen-bond donors (Lipinski definition) is 0. The molecule has 2 aromatic rings. The lowest BCUT2D eigenvalue weighted by Gasteiger charge is -2.12. The number of ether oxygens (including phenoxy) is 2. The molecule has 0 aromatic heterocycles. The van der Waals surface area contributed by atoms with Crippen LogP contribution < -0.4 is 4.74 Å². The minimum atomic E-state index is -0.310. The number of benzene rings is 2. The van der Waals surface area contributed by atoms with Crippen LogP contribution in [0.2, 0.25) is 0 Å². The summed E-state index contributed by atoms with van der Waals surface area (Å²) >= 11 is 0. The highest BCUT2D eigenvalue weighted by molar-refractivity contribution is 5.89. The predicted octanol–water partition coefficient (Wildman–Crippen LogP) is 4.53. The normalized spacial score (nSPS) is 11.8. The molecule has 1 unspecified atom stereocenters. The summed E-state index contributed by atoms with van der Waals surface area (Å²) in [6.07, 6.45) is 0.722. The van der Waals surface area contributed by atoms with E-state index in [1.165, 1.54) is 5.56 Å². The third-order valence-corrected chi connectivity index (χ3v) is 3.48. The highest BCUT2D eigenvalue weighted by Gasteiger charge is 2.11. The van der Waals surface area contributed by atoms with E-state index in [9.17, 15) is 4.79 Å². The van der Waals surface area contributed by atoms with Gasteiger partial charge in [0.25, 0.3) is 0 Å². The van der Waals surface area contributed by atoms with Crippen molar-refractivity contribution in [3.63, 3.8) is 0 Å². The molecule has 0 bridgehead atoms. The molecule has 116 valence electrons. The second kappa shape index (κ2) is 7.64. The molecule has 0 aliphatic heterocycles. The van der Waals surface area contributed by atoms with Crippen molar-refractivity contribution in [3.05, 3.63) is 65.2 Å². The predicted molar refractivity (Wildman–Crippen MR) is 87.1 cm³/mol. The van der Waals surface area contributed by atoms with Crippen molar-refractivity contribution in [2.24, 2.45) is 0 Å². The van der Waals surface area contributed by atoms with Gasteiger partial charge >= 0.3 is 5.97 Å². The van der Waals surface area contributed by atoms with E-state index in [0.29, 0.717) is 17.9 Å². The third-order valence-electron chi connectivity index (χ3n) is 3.48. The van der Waals surface area contributed by atoms with Gasteiger partial charge in [0.2, 0.25) is 0 Å². The van der Waals surface area contributed by atoms with Crippen LogP contribution in [0.4, 0.5) is 0 Å². The molecule has 0 fully saturated rings. The second-order valence-electron chi connectivity index (χ2n) is 5.43. The standard InChI is InChI=1S/C19H22O3/c1-4-15(3)22-19(20)17-6-5-7-18(12-17)21-13-16-10-8-14(2)9-11-16/h5-12,15H,4,13H2,1-3H3. The molecule has 0 radical (unpaired) electrons. The van der Waals surface area contributed by atoms with Crippen LogP contribution in [-0.4, -0.2) is 12.1 Å². The van der Waals surface area contributed by atoms with E-state index < -0.39 is 0 Å². The summed E-state index contributed by atoms with van der Waals surface area (Å²) in [6, 6.07) is 15.3. The van der Waals surface area contributed by atoms with Crippen LogP contribution in [0, 0.1) is 6.92 Å². The highest BCUT2D eigenvalue weighted by Crippen LogP contribution is 2.17. The van der Waals surface area contributed by atoms with E-state index in [-0.39, 0.29) is 12.1 Å². The summed E-state index contributed by atoms with van der Waals surface area (Å²) in [5.41, 5.74) is 2.83. The molecule has 0 amide bonds. The molecule has 22 heavy (non-hydrogen) atoms. The average molecular weight is 298 g/mol. The van der Waals surface area contributed by atoms with Gasteiger partial charge in [0.05, 0.1) is 11.7 Å². The van der Waals surface area contributed by atoms with Gasteiger partial charge in [-0.25, -0.2) is 4.79 Å². The van der Waals surface area contributed by atoms with E-state index in [0.717, 1.165) is 12.0 Å². The Kier molecular flexibility index (Phi) is 5.59. The van der Waals surface area contributed by atoms with Gasteiger partial charge in [-0.2, -0.15) is 0 Å². The van der Waals surface area contributed by atoms with Crippen molar-refractivity contribution < 1.29 is 14.3 Å². The van der Waals surface area contributed by atoms with Crippen molar-refractivity contribution in [2.45, 2.75) is 39.9 Å². The zero-order chi connectivity index (χ0) is 15.9. The topological polar surface area (TPSA) is 35.5 Å². The van der Waals surface area contributed by atoms with Gasteiger partial charge in [0.1, 0.15) is 12.4 Å². The average Bonchev–Trinajstić information content (AvgIpc) is 2.54. The van der Waals surface area contributed by atoms with Crippen LogP contribution in [-0.2, 0) is 11.3 Å². The van der Waals surface area contributed by atoms with Crippen molar-refractivity contribution in [2.75, 3.05) is 0 Å². The van der Waals surface area contributed by atoms with Crippen molar-refractivity contribution in [3.8, 4) is 5.75 Å². The minimum absolute atomic E-state index is 0.0790. The molecular weight excluding hydrogens is 276 g/mol. The summed E-state index contributed by atoms with van der Waals surface area (Å²) in [5, 5.41) is 0. The summed E-state index contributed by atoms with van der Waals surface area (Å²) in [6.45, 7) is 6.40. The first-order valence-electron chi connectivity index (χ1n) is 7.58. The fraction of sp³-hybridized carbons (Fsp3) is 0.316. The zero-order valence-corrected chi connectivity index (χ0v) is 13.3. The monoisotopic (exact) mass is 298 g/mol. The first-order chi connectivity index (χ1) is 10.6. The maximum atomic E-state index is 12.0. The maximum absolute atomic E-state index is 12.0. The molecule has 3 heteroatoms. The number of esters is 1. The van der Waals surface area contributed by atoms with E-state index in [2.05, 4.69) is 19.1 Å². The van der Waals surface area contributed by atoms with Gasteiger partial charge in [0, 0.05) is 0 Å². The van der Waals surface area contributed by atoms with Crippen LogP contribution in [0.1, 0.15) is 41.8 Å². The Bertz CT molecular complexity index is 617. The van der Waals surface area contributed by atoms with Gasteiger partial charge < -0.3 is 9.47 Å². The van der Waals surface area contributed by atoms with E-state index >= 15 is 0 Å². The Morgan fingerprint density at radius 2 is 1.86 bits per heavy atom. The van der Waals surface area contributed by atoms with Crippen LogP contribution in [0.25, 0.3) is 0 Å². The number of hydrogen-bond acceptors (Lipinski definition) is 3. The maximum Gasteiger partial charge on any atom is 0.338 e. The van der Waals surface area contributed by atoms with E-state index in [4.69, 9.17) is 9.47 Å². The van der Waals surface area contributed by atoms with E-state index in [1.54, 1.807) is 18.2 Å². The summed E-state index contributed by atoms with van der Waals surface area (Å²) in [5.74, 6) is 0.356. The molecule has 0 saturated heterocycles. The van der Waals surface area contributed by atoms with Crippen LogP contribution in [0.5, 0.6) is 5.75 Å². The molecular formula is C19H22O3. The van der Waals surface area contributed by atoms with Crippen molar-refractivity contribution >= 4 is 5.97 Å². The number of carbonyl (C=O) groups excluding carboxylic acids is 1. The molecule has 3 nitrogen and oxygen atoms in total. The minimum Gasteiger partial charge on any atom is -0.489 e. The van der Waals surface area contributed by atoms with Crippen molar-refractivity contribution in [1.29, 1.82) is 0 Å². The third kappa shape index (κ3) is 4.62. The Hall–Kier alpha value is -2.29. The van der Waals surface area contributed by atoms with Gasteiger partial charge in [-0.1, -0.05) is 42.8 Å². The lowest BCUT2D eigenvalue weighted by molar-refractivity contribution is 0.0334. The van der Waals surface area contributed by atoms with Gasteiger partial charge in [-0.15, -0.1) is 0 Å². The summed E-state index contributed by atoms with van der Waals surface area (Å²) in [7, 11) is 0. The van der Waals surface area contributed by atoms with Crippen LogP contribution >= 0.6 is 0 Å². The highest BCUT2D eigenvalue weighted by atomic mass is 16.5. The fourth-order valence-corrected chi connectivity index (χ4v) is 1.90. The fourth-order valence-electron chi connectivity index (χ4n) is 1.90. The molecule has 2 aromatic carbocycles.